The Morgan fingerprint density at radius 3 is 2.18 bits per heavy atom. The van der Waals surface area contributed by atoms with Gasteiger partial charge in [-0.1, -0.05) is 13.8 Å². The van der Waals surface area contributed by atoms with E-state index in [0.29, 0.717) is 23.0 Å². The monoisotopic (exact) mass is 576 g/mol. The number of rotatable bonds is 10. The number of halogens is 1. The smallest absolute Gasteiger partial charge is 0.225 e. The average Bonchev–Trinajstić information content (AvgIpc) is 2.83. The van der Waals surface area contributed by atoms with Crippen LogP contribution in [0.15, 0.2) is 23.2 Å². The quantitative estimate of drug-likeness (QED) is 0.225. The van der Waals surface area contributed by atoms with Crippen LogP contribution in [-0.2, 0) is 4.79 Å². The van der Waals surface area contributed by atoms with E-state index >= 15 is 0 Å². The number of carbonyl (C=O) groups excluding carboxylic acids is 1. The van der Waals surface area contributed by atoms with Crippen molar-refractivity contribution >= 4 is 35.8 Å². The third-order valence-corrected chi connectivity index (χ3v) is 6.01. The van der Waals surface area contributed by atoms with Crippen molar-refractivity contribution in [1.29, 1.82) is 0 Å². The Kier molecular flexibility index (Phi) is 13.5. The van der Waals surface area contributed by atoms with Gasteiger partial charge in [0.25, 0.3) is 0 Å². The fourth-order valence-corrected chi connectivity index (χ4v) is 3.96. The van der Waals surface area contributed by atoms with Crippen LogP contribution in [0.2, 0.25) is 0 Å². The van der Waals surface area contributed by atoms with E-state index in [1.807, 2.05) is 11.8 Å². The summed E-state index contributed by atoms with van der Waals surface area (Å²) in [7, 11) is 3.17. The molecule has 1 fully saturated rings. The molecule has 1 amide bonds. The molecule has 3 N–H and O–H groups in total. The van der Waals surface area contributed by atoms with E-state index in [1.165, 1.54) is 0 Å². The number of nitrogens with one attached hydrogen (secondary N) is 2. The Bertz CT molecular complexity index is 728. The van der Waals surface area contributed by atoms with Crippen molar-refractivity contribution in [3.05, 3.63) is 23.8 Å². The molecule has 1 heterocycles. The number of carbonyl (C=O) groups is 1. The summed E-state index contributed by atoms with van der Waals surface area (Å²) >= 11 is 0. The lowest BCUT2D eigenvalue weighted by atomic mass is 9.98. The highest BCUT2D eigenvalue weighted by Gasteiger charge is 2.26. The van der Waals surface area contributed by atoms with Crippen molar-refractivity contribution in [2.75, 3.05) is 40.4 Å². The molecule has 9 heteroatoms. The van der Waals surface area contributed by atoms with Crippen LogP contribution in [0, 0.1) is 5.92 Å². The van der Waals surface area contributed by atoms with Crippen LogP contribution in [-0.4, -0.2) is 68.3 Å². The van der Waals surface area contributed by atoms with E-state index in [9.17, 15) is 9.90 Å². The summed E-state index contributed by atoms with van der Waals surface area (Å²) in [5, 5.41) is 17.4. The van der Waals surface area contributed by atoms with Gasteiger partial charge in [-0.25, -0.2) is 0 Å². The van der Waals surface area contributed by atoms with Crippen LogP contribution in [0.5, 0.6) is 11.5 Å². The second-order valence-electron chi connectivity index (χ2n) is 8.14. The van der Waals surface area contributed by atoms with Gasteiger partial charge in [-0.3, -0.25) is 9.79 Å². The van der Waals surface area contributed by atoms with E-state index in [4.69, 9.17) is 9.47 Å². The van der Waals surface area contributed by atoms with Gasteiger partial charge >= 0.3 is 0 Å². The number of piperidine rings is 1. The maximum atomic E-state index is 12.6. The first-order valence-corrected chi connectivity index (χ1v) is 11.7. The third-order valence-electron chi connectivity index (χ3n) is 6.01. The van der Waals surface area contributed by atoms with Crippen LogP contribution < -0.4 is 20.1 Å². The number of hydrogen-bond donors (Lipinski definition) is 3. The predicted molar refractivity (Wildman–Crippen MR) is 143 cm³/mol. The first-order valence-electron chi connectivity index (χ1n) is 11.7. The van der Waals surface area contributed by atoms with Crippen LogP contribution in [0.1, 0.15) is 58.1 Å². The van der Waals surface area contributed by atoms with E-state index in [1.54, 1.807) is 32.4 Å². The minimum atomic E-state index is -0.783. The van der Waals surface area contributed by atoms with E-state index in [0.717, 1.165) is 45.3 Å². The Morgan fingerprint density at radius 1 is 1.12 bits per heavy atom. The number of guanidine groups is 1. The Morgan fingerprint density at radius 2 is 1.70 bits per heavy atom. The van der Waals surface area contributed by atoms with E-state index < -0.39 is 6.10 Å². The highest BCUT2D eigenvalue weighted by Crippen LogP contribution is 2.26. The van der Waals surface area contributed by atoms with E-state index in [-0.39, 0.29) is 48.4 Å². The number of aliphatic hydroxyl groups is 1. The summed E-state index contributed by atoms with van der Waals surface area (Å²) in [6.45, 7) is 8.62. The largest absolute Gasteiger partial charge is 0.497 e. The molecule has 0 saturated carbocycles. The number of benzene rings is 1. The third kappa shape index (κ3) is 8.84. The second kappa shape index (κ2) is 15.2. The molecule has 1 aliphatic rings. The molecule has 1 aromatic carbocycles. The summed E-state index contributed by atoms with van der Waals surface area (Å²) in [6, 6.07) is 5.59. The zero-order valence-electron chi connectivity index (χ0n) is 20.6. The predicted octanol–water partition coefficient (Wildman–Crippen LogP) is 3.34. The molecule has 1 aromatic rings. The molecule has 1 aliphatic heterocycles. The van der Waals surface area contributed by atoms with Crippen LogP contribution in [0.3, 0.4) is 0 Å². The zero-order valence-corrected chi connectivity index (χ0v) is 22.9. The average molecular weight is 577 g/mol. The lowest BCUT2D eigenvalue weighted by Gasteiger charge is -2.35. The van der Waals surface area contributed by atoms with Gasteiger partial charge in [-0.15, -0.1) is 24.0 Å². The number of likely N-dealkylation sites (tertiary alicyclic amines) is 1. The summed E-state index contributed by atoms with van der Waals surface area (Å²) in [4.78, 5) is 19.2. The minimum Gasteiger partial charge on any atom is -0.497 e. The number of hydrogen-bond acceptors (Lipinski definition) is 5. The fraction of sp³-hybridized carbons (Fsp3) is 0.667. The molecule has 0 aliphatic carbocycles. The fourth-order valence-electron chi connectivity index (χ4n) is 3.96. The van der Waals surface area contributed by atoms with Crippen molar-refractivity contribution in [3.63, 3.8) is 0 Å². The first kappa shape index (κ1) is 29.3. The molecule has 1 saturated heterocycles. The normalized spacial score (nSPS) is 15.6. The molecule has 0 aromatic heterocycles. The minimum absolute atomic E-state index is 0. The SMILES string of the molecule is CCNC(=NCC(O)c1cc(OC)cc(OC)c1)NC1CCN(C(=O)C(CC)CC)CC1.I. The molecule has 0 spiro atoms. The number of amides is 1. The van der Waals surface area contributed by atoms with Crippen LogP contribution in [0.25, 0.3) is 0 Å². The summed E-state index contributed by atoms with van der Waals surface area (Å²) in [6.07, 6.45) is 2.77. The molecule has 188 valence electrons. The van der Waals surface area contributed by atoms with Gasteiger partial charge in [0.05, 0.1) is 26.9 Å². The standard InChI is InChI=1S/C24H40N4O4.HI/c1-6-17(7-2)23(30)28-11-9-19(10-12-28)27-24(25-8-3)26-16-22(29)18-13-20(31-4)15-21(14-18)32-5;/h13-15,17,19,22,29H,6-12,16H2,1-5H3,(H2,25,26,27);1H. The van der Waals surface area contributed by atoms with Crippen molar-refractivity contribution < 1.29 is 19.4 Å². The maximum absolute atomic E-state index is 12.6. The van der Waals surface area contributed by atoms with Gasteiger partial charge in [0, 0.05) is 37.7 Å². The lowest BCUT2D eigenvalue weighted by Crippen LogP contribution is -2.50. The number of aliphatic hydroxyl groups excluding tert-OH is 1. The molecule has 1 atom stereocenters. The maximum Gasteiger partial charge on any atom is 0.225 e. The van der Waals surface area contributed by atoms with Crippen LogP contribution in [0.4, 0.5) is 0 Å². The molecular formula is C24H41IN4O4. The Labute approximate surface area is 215 Å². The summed E-state index contributed by atoms with van der Waals surface area (Å²) < 4.78 is 10.6. The second-order valence-corrected chi connectivity index (χ2v) is 8.14. The Balaban J connectivity index is 0.00000544. The topological polar surface area (TPSA) is 95.4 Å². The molecule has 8 nitrogen and oxygen atoms in total. The van der Waals surface area contributed by atoms with Gasteiger partial charge < -0.3 is 30.1 Å². The van der Waals surface area contributed by atoms with Gasteiger partial charge in [-0.2, -0.15) is 0 Å². The van der Waals surface area contributed by atoms with Crippen molar-refractivity contribution in [2.24, 2.45) is 10.9 Å². The molecule has 1 unspecified atom stereocenters. The Hall–Kier alpha value is -1.75. The van der Waals surface area contributed by atoms with Crippen molar-refractivity contribution in [3.8, 4) is 11.5 Å². The highest BCUT2D eigenvalue weighted by molar-refractivity contribution is 14.0. The lowest BCUT2D eigenvalue weighted by molar-refractivity contribution is -0.136. The zero-order chi connectivity index (χ0) is 23.5. The van der Waals surface area contributed by atoms with Crippen molar-refractivity contribution in [1.82, 2.24) is 15.5 Å². The molecule has 33 heavy (non-hydrogen) atoms. The van der Waals surface area contributed by atoms with Gasteiger partial charge in [0.15, 0.2) is 5.96 Å². The number of nitrogens with zero attached hydrogens (tertiary/aromatic N) is 2. The molecule has 0 bridgehead atoms. The number of methoxy groups -OCH3 is 2. The summed E-state index contributed by atoms with van der Waals surface area (Å²) in [5.41, 5.74) is 0.689. The summed E-state index contributed by atoms with van der Waals surface area (Å²) in [5.74, 6) is 2.34. The number of aliphatic imine (C=N–C) groups is 1. The first-order chi connectivity index (χ1) is 15.4. The molecular weight excluding hydrogens is 535 g/mol. The highest BCUT2D eigenvalue weighted by atomic mass is 127. The number of ether oxygens (including phenoxy) is 2. The van der Waals surface area contributed by atoms with Gasteiger partial charge in [0.2, 0.25) is 5.91 Å². The molecule has 2 rings (SSSR count). The van der Waals surface area contributed by atoms with Crippen LogP contribution >= 0.6 is 24.0 Å². The van der Waals surface area contributed by atoms with Crippen molar-refractivity contribution in [2.45, 2.75) is 58.6 Å². The molecule has 0 radical (unpaired) electrons. The van der Waals surface area contributed by atoms with Gasteiger partial charge in [-0.05, 0) is 50.3 Å². The van der Waals surface area contributed by atoms with Gasteiger partial charge in [0.1, 0.15) is 11.5 Å². The van der Waals surface area contributed by atoms with E-state index in [2.05, 4.69) is 29.5 Å².